The molecule has 0 aliphatic heterocycles. The third-order valence-electron chi connectivity index (χ3n) is 2.38. The van der Waals surface area contributed by atoms with Crippen molar-refractivity contribution in [3.8, 4) is 0 Å². The van der Waals surface area contributed by atoms with Crippen LogP contribution in [0.1, 0.15) is 5.82 Å². The van der Waals surface area contributed by atoms with Crippen LogP contribution in [0.5, 0.6) is 0 Å². The van der Waals surface area contributed by atoms with E-state index in [1.165, 1.54) is 0 Å². The fraction of sp³-hybridized carbons (Fsp3) is 0.0714. The fourth-order valence-corrected chi connectivity index (χ4v) is 1.67. The first-order chi connectivity index (χ1) is 8.65. The van der Waals surface area contributed by atoms with E-state index in [0.29, 0.717) is 0 Å². The van der Waals surface area contributed by atoms with Gasteiger partial charge >= 0.3 is 0 Å². The van der Waals surface area contributed by atoms with E-state index in [9.17, 15) is 0 Å². The molecule has 0 aliphatic rings. The monoisotopic (exact) mass is 259 g/mol. The average Bonchev–Trinajstić information content (AvgIpc) is 2.74. The Hall–Kier alpha value is -2.00. The topological polar surface area (TPSA) is 54.7 Å². The number of hydrogen-bond donors (Lipinski definition) is 2. The number of nitrogens with zero attached hydrogens (tertiary/aromatic N) is 1. The molecule has 3 N–H and O–H groups in total. The van der Waals surface area contributed by atoms with Crippen LogP contribution in [0.4, 0.5) is 5.69 Å². The van der Waals surface area contributed by atoms with Gasteiger partial charge in [0.25, 0.3) is 0 Å². The van der Waals surface area contributed by atoms with Crippen molar-refractivity contribution in [2.45, 2.75) is 6.92 Å². The summed E-state index contributed by atoms with van der Waals surface area (Å²) in [6, 6.07) is 15.1. The molecule has 0 fully saturated rings. The van der Waals surface area contributed by atoms with Gasteiger partial charge in [-0.25, -0.2) is 4.98 Å². The third-order valence-corrected chi connectivity index (χ3v) is 2.63. The predicted molar refractivity (Wildman–Crippen MR) is 76.7 cm³/mol. The Morgan fingerprint density at radius 1 is 1.06 bits per heavy atom. The Labute approximate surface area is 111 Å². The van der Waals surface area contributed by atoms with Crippen LogP contribution in [0.3, 0.4) is 0 Å². The van der Waals surface area contributed by atoms with E-state index in [1.54, 1.807) is 24.3 Å². The van der Waals surface area contributed by atoms with Gasteiger partial charge in [-0.05, 0) is 43.3 Å². The second-order valence-corrected chi connectivity index (χ2v) is 4.33. The number of benzene rings is 2. The molecule has 4 heteroatoms. The fourth-order valence-electron chi connectivity index (χ4n) is 1.54. The van der Waals surface area contributed by atoms with Crippen LogP contribution in [0.15, 0.2) is 48.5 Å². The lowest BCUT2D eigenvalue weighted by molar-refractivity contribution is 1.17. The number of anilines is 1. The molecule has 18 heavy (non-hydrogen) atoms. The number of imidazole rings is 1. The Bertz CT molecular complexity index is 575. The molecule has 0 amide bonds. The minimum absolute atomic E-state index is 0.721. The number of fused-ring (bicyclic) bond motifs is 1. The molecule has 0 saturated heterocycles. The standard InChI is InChI=1S/C8H8N2.C6H6ClN/c1-6-9-7-4-2-3-5-8(7)10-6;7-5-1-3-6(8)4-2-5/h2-5H,1H3,(H,9,10);1-4H,8H2. The van der Waals surface area contributed by atoms with Crippen LogP contribution < -0.4 is 5.73 Å². The maximum absolute atomic E-state index is 5.56. The number of rotatable bonds is 0. The van der Waals surface area contributed by atoms with Crippen LogP contribution in [-0.4, -0.2) is 9.97 Å². The molecule has 3 nitrogen and oxygen atoms in total. The minimum Gasteiger partial charge on any atom is -0.399 e. The zero-order valence-corrected chi connectivity index (χ0v) is 10.8. The first-order valence-electron chi connectivity index (χ1n) is 5.57. The molecule has 92 valence electrons. The van der Waals surface area contributed by atoms with E-state index in [2.05, 4.69) is 9.97 Å². The summed E-state index contributed by atoms with van der Waals surface area (Å²) in [7, 11) is 0. The first kappa shape index (κ1) is 12.5. The molecule has 2 aromatic carbocycles. The molecule has 0 bridgehead atoms. The molecule has 0 unspecified atom stereocenters. The van der Waals surface area contributed by atoms with Crippen LogP contribution in [-0.2, 0) is 0 Å². The van der Waals surface area contributed by atoms with E-state index in [4.69, 9.17) is 17.3 Å². The highest BCUT2D eigenvalue weighted by Gasteiger charge is 1.94. The lowest BCUT2D eigenvalue weighted by Gasteiger charge is -1.88. The Kier molecular flexibility index (Phi) is 3.85. The first-order valence-corrected chi connectivity index (χ1v) is 5.95. The second kappa shape index (κ2) is 5.56. The van der Waals surface area contributed by atoms with Crippen LogP contribution in [0.25, 0.3) is 11.0 Å². The number of H-pyrrole nitrogens is 1. The maximum atomic E-state index is 5.56. The molecule has 3 aromatic rings. The van der Waals surface area contributed by atoms with Crippen LogP contribution >= 0.6 is 11.6 Å². The number of nitrogens with one attached hydrogen (secondary N) is 1. The van der Waals surface area contributed by atoms with Crippen molar-refractivity contribution in [3.63, 3.8) is 0 Å². The largest absolute Gasteiger partial charge is 0.399 e. The quantitative estimate of drug-likeness (QED) is 0.604. The zero-order chi connectivity index (χ0) is 13.0. The SMILES string of the molecule is Cc1nc2ccccc2[nH]1.Nc1ccc(Cl)cc1. The highest BCUT2D eigenvalue weighted by Crippen LogP contribution is 2.09. The van der Waals surface area contributed by atoms with Gasteiger partial charge in [0.15, 0.2) is 0 Å². The number of aromatic nitrogens is 2. The average molecular weight is 260 g/mol. The van der Waals surface area contributed by atoms with Crippen molar-refractivity contribution < 1.29 is 0 Å². The van der Waals surface area contributed by atoms with Crippen molar-refractivity contribution in [3.05, 3.63) is 59.4 Å². The Morgan fingerprint density at radius 3 is 2.33 bits per heavy atom. The van der Waals surface area contributed by atoms with Crippen molar-refractivity contribution in [1.29, 1.82) is 0 Å². The molecule has 3 rings (SSSR count). The highest BCUT2D eigenvalue weighted by molar-refractivity contribution is 6.30. The summed E-state index contributed by atoms with van der Waals surface area (Å²) < 4.78 is 0. The van der Waals surface area contributed by atoms with Gasteiger partial charge in [-0.1, -0.05) is 23.7 Å². The van der Waals surface area contributed by atoms with Crippen LogP contribution in [0, 0.1) is 6.92 Å². The normalized spacial score (nSPS) is 9.89. The van der Waals surface area contributed by atoms with E-state index in [1.807, 2.05) is 31.2 Å². The molecule has 1 heterocycles. The number of hydrogen-bond acceptors (Lipinski definition) is 2. The van der Waals surface area contributed by atoms with E-state index in [0.717, 1.165) is 27.6 Å². The summed E-state index contributed by atoms with van der Waals surface area (Å²) in [5.74, 6) is 0.973. The number of nitrogen functional groups attached to an aromatic ring is 1. The summed E-state index contributed by atoms with van der Waals surface area (Å²) in [4.78, 5) is 7.40. The summed E-state index contributed by atoms with van der Waals surface area (Å²) in [6.45, 7) is 1.96. The number of para-hydroxylation sites is 2. The van der Waals surface area contributed by atoms with Gasteiger partial charge in [-0.15, -0.1) is 0 Å². The van der Waals surface area contributed by atoms with Crippen molar-refractivity contribution in [2.24, 2.45) is 0 Å². The van der Waals surface area contributed by atoms with Gasteiger partial charge < -0.3 is 10.7 Å². The van der Waals surface area contributed by atoms with Crippen molar-refractivity contribution >= 4 is 28.3 Å². The smallest absolute Gasteiger partial charge is 0.104 e. The van der Waals surface area contributed by atoms with Gasteiger partial charge in [-0.3, -0.25) is 0 Å². The van der Waals surface area contributed by atoms with Gasteiger partial charge in [0.2, 0.25) is 0 Å². The highest BCUT2D eigenvalue weighted by atomic mass is 35.5. The summed E-state index contributed by atoms with van der Waals surface area (Å²) in [5, 5.41) is 0.721. The molecule has 0 aliphatic carbocycles. The molecule has 0 spiro atoms. The number of aromatic amines is 1. The van der Waals surface area contributed by atoms with E-state index in [-0.39, 0.29) is 0 Å². The van der Waals surface area contributed by atoms with Gasteiger partial charge in [0.1, 0.15) is 5.82 Å². The lowest BCUT2D eigenvalue weighted by Crippen LogP contribution is -1.80. The second-order valence-electron chi connectivity index (χ2n) is 3.89. The number of halogens is 1. The van der Waals surface area contributed by atoms with Crippen LogP contribution in [0.2, 0.25) is 5.02 Å². The number of nitrogens with two attached hydrogens (primary N) is 1. The van der Waals surface area contributed by atoms with Gasteiger partial charge in [0, 0.05) is 10.7 Å². The molecular weight excluding hydrogens is 246 g/mol. The summed E-state index contributed by atoms with van der Waals surface area (Å²) in [6.07, 6.45) is 0. The summed E-state index contributed by atoms with van der Waals surface area (Å²) >= 11 is 5.56. The number of aryl methyl sites for hydroxylation is 1. The third kappa shape index (κ3) is 3.25. The molecule has 0 saturated carbocycles. The molecule has 1 aromatic heterocycles. The molecule has 0 atom stereocenters. The summed E-state index contributed by atoms with van der Waals surface area (Å²) in [5.41, 5.74) is 8.27. The van der Waals surface area contributed by atoms with Crippen molar-refractivity contribution in [2.75, 3.05) is 5.73 Å². The lowest BCUT2D eigenvalue weighted by atomic mass is 10.3. The predicted octanol–water partition coefficient (Wildman–Crippen LogP) is 3.79. The van der Waals surface area contributed by atoms with Crippen molar-refractivity contribution in [1.82, 2.24) is 9.97 Å². The molecule has 0 radical (unpaired) electrons. The van der Waals surface area contributed by atoms with Gasteiger partial charge in [0.05, 0.1) is 11.0 Å². The Balaban J connectivity index is 0.000000138. The van der Waals surface area contributed by atoms with E-state index >= 15 is 0 Å². The van der Waals surface area contributed by atoms with Gasteiger partial charge in [-0.2, -0.15) is 0 Å². The Morgan fingerprint density at radius 2 is 1.72 bits per heavy atom. The molecular formula is C14H14ClN3. The zero-order valence-electron chi connectivity index (χ0n) is 10.0. The van der Waals surface area contributed by atoms with E-state index < -0.39 is 0 Å². The minimum atomic E-state index is 0.721. The maximum Gasteiger partial charge on any atom is 0.104 e.